The Balaban J connectivity index is 2.62. The van der Waals surface area contributed by atoms with Crippen LogP contribution in [-0.4, -0.2) is 129 Å². The van der Waals surface area contributed by atoms with E-state index in [1.54, 1.807) is 20.1 Å². The fourth-order valence-electron chi connectivity index (χ4n) is 5.20. The van der Waals surface area contributed by atoms with E-state index in [0.29, 0.717) is 12.2 Å². The number of thioether (sulfide) groups is 1. The highest BCUT2D eigenvalue weighted by Crippen LogP contribution is 2.21. The average molecular weight is 673 g/mol. The molecule has 0 radical (unpaired) electrons. The van der Waals surface area contributed by atoms with Crippen molar-refractivity contribution in [3.05, 3.63) is 0 Å². The minimum absolute atomic E-state index is 0.0201. The van der Waals surface area contributed by atoms with Gasteiger partial charge in [0.25, 0.3) is 0 Å². The third-order valence-corrected chi connectivity index (χ3v) is 8.13. The first-order valence-corrected chi connectivity index (χ1v) is 16.4. The number of rotatable bonds is 10. The van der Waals surface area contributed by atoms with E-state index in [-0.39, 0.29) is 31.7 Å². The summed E-state index contributed by atoms with van der Waals surface area (Å²) in [6.45, 7) is 4.75. The number of amides is 6. The van der Waals surface area contributed by atoms with Crippen LogP contribution in [0, 0.1) is 5.92 Å². The Morgan fingerprint density at radius 1 is 0.783 bits per heavy atom. The van der Waals surface area contributed by atoms with E-state index < -0.39 is 103 Å². The van der Waals surface area contributed by atoms with Crippen molar-refractivity contribution in [3.8, 4) is 0 Å². The smallest absolute Gasteiger partial charge is 0.305 e. The molecule has 8 N–H and O–H groups in total. The van der Waals surface area contributed by atoms with Gasteiger partial charge in [0.1, 0.15) is 36.3 Å². The highest BCUT2D eigenvalue weighted by atomic mass is 32.2. The number of hydrogen-bond acceptors (Lipinski definition) is 10. The second-order valence-electron chi connectivity index (χ2n) is 11.8. The van der Waals surface area contributed by atoms with Crippen LogP contribution in [0.4, 0.5) is 0 Å². The molecule has 2 saturated heterocycles. The minimum Gasteiger partial charge on any atom is -0.481 e. The molecule has 2 fully saturated rings. The number of nitrogens with zero attached hydrogens (tertiary/aromatic N) is 1. The quantitative estimate of drug-likeness (QED) is 0.120. The highest BCUT2D eigenvalue weighted by molar-refractivity contribution is 7.98. The molecule has 0 aromatic carbocycles. The van der Waals surface area contributed by atoms with Crippen LogP contribution in [0.1, 0.15) is 59.3 Å². The van der Waals surface area contributed by atoms with Gasteiger partial charge >= 0.3 is 11.9 Å². The van der Waals surface area contributed by atoms with Gasteiger partial charge in [0.05, 0.1) is 18.9 Å². The Hall–Kier alpha value is -3.93. The molecule has 0 unspecified atom stereocenters. The van der Waals surface area contributed by atoms with Gasteiger partial charge in [-0.2, -0.15) is 11.8 Å². The number of aliphatic hydroxyl groups is 1. The third-order valence-electron chi connectivity index (χ3n) is 7.49. The number of carboxylic acids is 2. The van der Waals surface area contributed by atoms with E-state index in [9.17, 15) is 53.7 Å². The number of nitrogens with one attached hydrogen (secondary N) is 5. The molecule has 0 spiro atoms. The zero-order valence-electron chi connectivity index (χ0n) is 26.2. The summed E-state index contributed by atoms with van der Waals surface area (Å²) < 4.78 is 0. The van der Waals surface area contributed by atoms with Gasteiger partial charge in [-0.1, -0.05) is 13.8 Å². The molecule has 0 aromatic rings. The summed E-state index contributed by atoms with van der Waals surface area (Å²) in [5, 5.41) is 41.1. The lowest BCUT2D eigenvalue weighted by Gasteiger charge is -2.32. The molecule has 0 aliphatic carbocycles. The lowest BCUT2D eigenvalue weighted by molar-refractivity contribution is -0.145. The van der Waals surface area contributed by atoms with Gasteiger partial charge in [-0.05, 0) is 50.5 Å². The van der Waals surface area contributed by atoms with E-state index in [1.807, 2.05) is 0 Å². The van der Waals surface area contributed by atoms with Crippen molar-refractivity contribution in [2.24, 2.45) is 5.92 Å². The molecule has 2 aliphatic rings. The first kappa shape index (κ1) is 38.3. The molecule has 0 saturated carbocycles. The molecule has 2 rings (SSSR count). The second-order valence-corrected chi connectivity index (χ2v) is 12.8. The fraction of sp³-hybridized carbons (Fsp3) is 0.714. The summed E-state index contributed by atoms with van der Waals surface area (Å²) in [5.41, 5.74) is 0. The summed E-state index contributed by atoms with van der Waals surface area (Å²) in [5.74, 6) is -8.28. The molecule has 0 aromatic heterocycles. The highest BCUT2D eigenvalue weighted by Gasteiger charge is 2.41. The van der Waals surface area contributed by atoms with Gasteiger partial charge in [-0.15, -0.1) is 0 Å². The van der Waals surface area contributed by atoms with Crippen molar-refractivity contribution < 1.29 is 53.7 Å². The van der Waals surface area contributed by atoms with Crippen LogP contribution in [0.25, 0.3) is 0 Å². The van der Waals surface area contributed by atoms with Gasteiger partial charge in [0, 0.05) is 6.54 Å². The molecule has 6 amide bonds. The summed E-state index contributed by atoms with van der Waals surface area (Å²) in [6, 6.07) is -8.76. The normalized spacial score (nSPS) is 27.7. The zero-order chi connectivity index (χ0) is 34.7. The summed E-state index contributed by atoms with van der Waals surface area (Å²) in [4.78, 5) is 105. The van der Waals surface area contributed by atoms with Crippen LogP contribution in [0.5, 0.6) is 0 Å². The minimum atomic E-state index is -1.77. The van der Waals surface area contributed by atoms with Crippen molar-refractivity contribution in [2.45, 2.75) is 102 Å². The average Bonchev–Trinajstić information content (AvgIpc) is 3.45. The first-order chi connectivity index (χ1) is 21.5. The van der Waals surface area contributed by atoms with E-state index >= 15 is 0 Å². The summed E-state index contributed by atoms with van der Waals surface area (Å²) in [7, 11) is 0. The molecule has 7 atom stereocenters. The molecule has 258 valence electrons. The van der Waals surface area contributed by atoms with Crippen LogP contribution in [0.15, 0.2) is 0 Å². The summed E-state index contributed by atoms with van der Waals surface area (Å²) >= 11 is 1.38. The first-order valence-electron chi connectivity index (χ1n) is 15.0. The number of aliphatic hydroxyl groups excluding tert-OH is 1. The van der Waals surface area contributed by atoms with Gasteiger partial charge in [-0.3, -0.25) is 38.4 Å². The topological polar surface area (TPSA) is 261 Å². The van der Waals surface area contributed by atoms with Crippen LogP contribution >= 0.6 is 11.8 Å². The number of carbonyl (C=O) groups excluding carboxylic acids is 6. The van der Waals surface area contributed by atoms with Gasteiger partial charge in [0.2, 0.25) is 35.4 Å². The second kappa shape index (κ2) is 17.7. The van der Waals surface area contributed by atoms with Crippen molar-refractivity contribution in [1.29, 1.82) is 0 Å². The maximum atomic E-state index is 13.7. The Morgan fingerprint density at radius 2 is 1.28 bits per heavy atom. The Bertz CT molecular complexity index is 1180. The van der Waals surface area contributed by atoms with Crippen molar-refractivity contribution >= 4 is 59.1 Å². The van der Waals surface area contributed by atoms with Crippen LogP contribution in [0.3, 0.4) is 0 Å². The van der Waals surface area contributed by atoms with E-state index in [2.05, 4.69) is 26.6 Å². The number of carbonyl (C=O) groups is 8. The zero-order valence-corrected chi connectivity index (χ0v) is 27.1. The lowest BCUT2D eigenvalue weighted by Crippen LogP contribution is -2.63. The van der Waals surface area contributed by atoms with E-state index in [4.69, 9.17) is 0 Å². The molecule has 2 heterocycles. The molecular formula is C28H44N6O11S. The van der Waals surface area contributed by atoms with E-state index in [1.165, 1.54) is 23.6 Å². The maximum absolute atomic E-state index is 13.7. The van der Waals surface area contributed by atoms with Crippen molar-refractivity contribution in [3.63, 3.8) is 0 Å². The Morgan fingerprint density at radius 3 is 1.80 bits per heavy atom. The van der Waals surface area contributed by atoms with Crippen LogP contribution in [-0.2, 0) is 38.4 Å². The molecule has 2 aliphatic heterocycles. The number of hydrogen-bond donors (Lipinski definition) is 8. The molecule has 18 heteroatoms. The van der Waals surface area contributed by atoms with Crippen LogP contribution < -0.4 is 26.6 Å². The van der Waals surface area contributed by atoms with Gasteiger partial charge in [-0.25, -0.2) is 0 Å². The summed E-state index contributed by atoms with van der Waals surface area (Å²) in [6.07, 6.45) is -0.855. The molecule has 46 heavy (non-hydrogen) atoms. The Kier molecular flexibility index (Phi) is 14.7. The molecule has 0 bridgehead atoms. The standard InChI is InChI=1S/C28H44N6O11S/c1-13(2)10-16-23(40)31-18(12-21(38)39)25(42)33-22(14(3)35)27(44)29-15(7-9-46-4)28(45)34-8-5-6-19(34)26(43)32-17(11-20(36)37)24(41)30-16/h13-19,22,35H,5-12H2,1-4H3,(H,29,44)(H,30,41)(H,31,40)(H,32,43)(H,33,42)(H,36,37)(H,38,39)/t14-,15+,16+,17+,18+,19-,22+/m1/s1. The molecule has 17 nitrogen and oxygen atoms in total. The third kappa shape index (κ3) is 11.1. The van der Waals surface area contributed by atoms with Crippen LogP contribution in [0.2, 0.25) is 0 Å². The lowest BCUT2D eigenvalue weighted by atomic mass is 10.0. The monoisotopic (exact) mass is 672 g/mol. The maximum Gasteiger partial charge on any atom is 0.305 e. The van der Waals surface area contributed by atoms with E-state index in [0.717, 1.165) is 0 Å². The largest absolute Gasteiger partial charge is 0.481 e. The number of aliphatic carboxylic acids is 2. The number of carboxylic acid groups (broad SMARTS) is 2. The molecular weight excluding hydrogens is 628 g/mol. The van der Waals surface area contributed by atoms with Gasteiger partial charge < -0.3 is 46.8 Å². The predicted molar refractivity (Wildman–Crippen MR) is 163 cm³/mol. The SMILES string of the molecule is CSCC[C@@H]1NC(=O)[C@H]([C@@H](C)O)NC(=O)[C@H](CC(=O)O)NC(=O)[C@H](CC(C)C)NC(=O)[C@H](CC(=O)O)NC(=O)[C@H]2CCCN2C1=O. The van der Waals surface area contributed by atoms with Gasteiger partial charge in [0.15, 0.2) is 0 Å². The number of fused-ring (bicyclic) bond motifs is 1. The predicted octanol–water partition coefficient (Wildman–Crippen LogP) is -2.46. The fourth-order valence-corrected chi connectivity index (χ4v) is 5.67. The Labute approximate surface area is 270 Å². The van der Waals surface area contributed by atoms with Crippen molar-refractivity contribution in [1.82, 2.24) is 31.5 Å². The van der Waals surface area contributed by atoms with Crippen molar-refractivity contribution in [2.75, 3.05) is 18.6 Å².